The second-order valence-electron chi connectivity index (χ2n) is 33.1. The summed E-state index contributed by atoms with van der Waals surface area (Å²) >= 11 is 0. The summed E-state index contributed by atoms with van der Waals surface area (Å²) in [5, 5.41) is 5.71. The van der Waals surface area contributed by atoms with Crippen LogP contribution in [0.1, 0.15) is 188 Å². The number of methoxy groups -OCH3 is 1. The Hall–Kier alpha value is -7.16. The molecule has 1 spiro atoms. The number of alkyl halides is 6. The number of hydrogen-bond acceptors (Lipinski definition) is 15. The lowest BCUT2D eigenvalue weighted by atomic mass is 9.73. The molecule has 27 nitrogen and oxygen atoms in total. The van der Waals surface area contributed by atoms with Gasteiger partial charge < -0.3 is 73.8 Å². The van der Waals surface area contributed by atoms with Gasteiger partial charge >= 0.3 is 12.4 Å². The molecule has 3 aliphatic heterocycles. The van der Waals surface area contributed by atoms with Crippen molar-refractivity contribution in [2.24, 2.45) is 35.5 Å². The van der Waals surface area contributed by atoms with Crippen molar-refractivity contribution in [3.05, 3.63) is 12.2 Å². The molecule has 3 unspecified atom stereocenters. The van der Waals surface area contributed by atoms with Gasteiger partial charge in [0, 0.05) is 102 Å². The number of nitrogens with one attached hydrogen (secondary N) is 2. The first kappa shape index (κ1) is 90.4. The molecule has 112 heavy (non-hydrogen) atoms. The van der Waals surface area contributed by atoms with Gasteiger partial charge in [-0.15, -0.1) is 0 Å². The quantitative estimate of drug-likeness (QED) is 0.0913. The molecule has 5 saturated carbocycles. The van der Waals surface area contributed by atoms with Crippen LogP contribution >= 0.6 is 0 Å². The molecule has 2 saturated heterocycles. The van der Waals surface area contributed by atoms with E-state index in [0.29, 0.717) is 57.8 Å². The molecule has 632 valence electrons. The summed E-state index contributed by atoms with van der Waals surface area (Å²) in [6.45, 7) is 5.40. The predicted octanol–water partition coefficient (Wildman–Crippen LogP) is 6.34. The van der Waals surface area contributed by atoms with E-state index in [0.717, 1.165) is 14.7 Å². The number of carbonyl (C=O) groups is 12. The van der Waals surface area contributed by atoms with Gasteiger partial charge in [0.2, 0.25) is 70.9 Å². The van der Waals surface area contributed by atoms with Gasteiger partial charge in [-0.2, -0.15) is 26.3 Å². The lowest BCUT2D eigenvalue weighted by Crippen LogP contribution is -2.68. The van der Waals surface area contributed by atoms with E-state index in [1.807, 2.05) is 13.8 Å². The molecule has 3 heterocycles. The highest BCUT2D eigenvalue weighted by molar-refractivity contribution is 6.01. The highest BCUT2D eigenvalue weighted by Crippen LogP contribution is 2.46. The second kappa shape index (κ2) is 39.5. The first-order valence-electron chi connectivity index (χ1n) is 40.7. The van der Waals surface area contributed by atoms with Crippen LogP contribution in [0.5, 0.6) is 0 Å². The minimum absolute atomic E-state index is 0.0353. The third-order valence-electron chi connectivity index (χ3n) is 25.6. The molecule has 0 aromatic heterocycles. The predicted molar refractivity (Wildman–Crippen MR) is 400 cm³/mol. The van der Waals surface area contributed by atoms with Crippen LogP contribution in [0.4, 0.5) is 26.3 Å². The number of ether oxygens (including phenoxy) is 3. The van der Waals surface area contributed by atoms with Gasteiger partial charge in [-0.3, -0.25) is 57.5 Å². The van der Waals surface area contributed by atoms with Crippen molar-refractivity contribution >= 4 is 70.9 Å². The van der Waals surface area contributed by atoms with Crippen LogP contribution in [-0.2, 0) is 71.7 Å². The Balaban J connectivity index is 1.22. The lowest BCUT2D eigenvalue weighted by Gasteiger charge is -2.51. The third kappa shape index (κ3) is 21.5. The molecular formula is C79H124F6N12O15. The Labute approximate surface area is 655 Å². The van der Waals surface area contributed by atoms with Crippen molar-refractivity contribution in [3.63, 3.8) is 0 Å². The fraction of sp³-hybridized carbons (Fsp3) is 0.823. The van der Waals surface area contributed by atoms with Gasteiger partial charge in [0.1, 0.15) is 60.4 Å². The number of halogens is 6. The Kier molecular flexibility index (Phi) is 31.8. The van der Waals surface area contributed by atoms with Crippen molar-refractivity contribution < 1.29 is 98.1 Å². The SMILES string of the molecule is CCCOC[C@H]1C(=O)N[C@@H]([C@@H](C)CC)C(=O)N(C2CC2)CC(=O)N(C)[C@H]2C/C=C\CCN(C2=O)[C@@H](CC2CCC(C(F)(F)F)CC2)C(=O)N(C)CC(=O)N[C@@H](CCC2CCC(C(F)(F)F)C(OC)C2)C(=O)N2C[C@H](OCC)C[C@H]2C(=O)N(C)C2(CCC2)C(=O)N(C)[C@@H](C2CCCC2)C(=O)N(C)[C@H](C(=O)N(C)C)CC(=O)N1C. The highest BCUT2D eigenvalue weighted by atomic mass is 19.4. The van der Waals surface area contributed by atoms with Gasteiger partial charge in [-0.1, -0.05) is 52.2 Å². The van der Waals surface area contributed by atoms with E-state index in [1.54, 1.807) is 26.0 Å². The van der Waals surface area contributed by atoms with Crippen LogP contribution in [0.25, 0.3) is 0 Å². The summed E-state index contributed by atoms with van der Waals surface area (Å²) in [7, 11) is 12.4. The second-order valence-corrected chi connectivity index (χ2v) is 33.1. The van der Waals surface area contributed by atoms with E-state index < -0.39 is 210 Å². The molecule has 5 aliphatic carbocycles. The third-order valence-corrected chi connectivity index (χ3v) is 25.6. The van der Waals surface area contributed by atoms with E-state index in [-0.39, 0.29) is 129 Å². The van der Waals surface area contributed by atoms with E-state index in [2.05, 4.69) is 10.6 Å². The Morgan fingerprint density at radius 2 is 1.31 bits per heavy atom. The molecule has 0 radical (unpaired) electrons. The zero-order valence-electron chi connectivity index (χ0n) is 68.0. The first-order valence-corrected chi connectivity index (χ1v) is 40.7. The average molecular weight is 1600 g/mol. The normalized spacial score (nSPS) is 31.3. The number of nitrogens with zero attached hydrogens (tertiary/aromatic N) is 10. The van der Waals surface area contributed by atoms with Gasteiger partial charge in [-0.25, -0.2) is 0 Å². The molecule has 33 heteroatoms. The molecule has 8 aliphatic rings. The van der Waals surface area contributed by atoms with Crippen LogP contribution in [0.15, 0.2) is 12.2 Å². The summed E-state index contributed by atoms with van der Waals surface area (Å²) < 4.78 is 103. The smallest absolute Gasteiger partial charge is 0.381 e. The summed E-state index contributed by atoms with van der Waals surface area (Å²) in [5.41, 5.74) is -1.60. The van der Waals surface area contributed by atoms with Crippen LogP contribution in [0.3, 0.4) is 0 Å². The zero-order chi connectivity index (χ0) is 82.6. The standard InChI is InChI=1S/C79H124F6N12O15/c1-14-39-111-47-61-68(101)87-66(48(4)15-2)74(107)96(53-32-33-53)46-65(100)90(8)57-25-18-17-21-38-95(73(57)106)59(40-49-26-30-52(31-27-49)78(80,81)82)71(104)89(7)45-63(98)86-56(35-29-50-28-34-55(79(83,84)85)62(41-50)110-13)69(102)97-44-54(112-16-3)42-60(97)72(105)94(12)77(36-22-37-77)76(109)93(11)67(51-23-19-20-24-51)75(108)92(10)58(70(103)88(5)6)43-64(99)91(61)9/h17-18,48-62,66-67H,14-16,19-47H2,1-13H3,(H,86,98)(H,87,101)/b18-17-/t48-,49?,50?,52?,54+,55?,56-,57-,58-,59-,60-,61-,62?,66-,67-/m0/s1. The minimum atomic E-state index is -4.57. The zero-order valence-corrected chi connectivity index (χ0v) is 68.0. The Morgan fingerprint density at radius 1 is 0.652 bits per heavy atom. The van der Waals surface area contributed by atoms with E-state index in [9.17, 15) is 35.9 Å². The maximum absolute atomic E-state index is 15.8. The number of amides is 12. The minimum Gasteiger partial charge on any atom is -0.381 e. The van der Waals surface area contributed by atoms with Crippen LogP contribution in [-0.4, -0.2) is 314 Å². The largest absolute Gasteiger partial charge is 0.394 e. The molecule has 2 bridgehead atoms. The highest BCUT2D eigenvalue weighted by Gasteiger charge is 2.57. The molecule has 13 atom stereocenters. The van der Waals surface area contributed by atoms with E-state index in [4.69, 9.17) is 14.2 Å². The summed E-state index contributed by atoms with van der Waals surface area (Å²) in [6.07, 6.45) is -4.15. The maximum atomic E-state index is 15.8. The first-order chi connectivity index (χ1) is 52.8. The van der Waals surface area contributed by atoms with Gasteiger partial charge in [0.05, 0.1) is 43.6 Å². The number of likely N-dealkylation sites (N-methyl/N-ethyl adjacent to an activating group) is 7. The van der Waals surface area contributed by atoms with Crippen molar-refractivity contribution in [2.45, 2.75) is 273 Å². The van der Waals surface area contributed by atoms with Crippen molar-refractivity contribution in [3.8, 4) is 0 Å². The van der Waals surface area contributed by atoms with Crippen LogP contribution < -0.4 is 10.6 Å². The molecule has 0 aromatic carbocycles. The fourth-order valence-electron chi connectivity index (χ4n) is 18.0. The maximum Gasteiger partial charge on any atom is 0.394 e. The monoisotopic (exact) mass is 1590 g/mol. The van der Waals surface area contributed by atoms with Gasteiger partial charge in [0.15, 0.2) is 0 Å². The van der Waals surface area contributed by atoms with Crippen molar-refractivity contribution in [2.75, 3.05) is 109 Å². The van der Waals surface area contributed by atoms with E-state index in [1.165, 1.54) is 97.8 Å². The number of fused-ring (bicyclic) bond motifs is 3. The van der Waals surface area contributed by atoms with Crippen molar-refractivity contribution in [1.82, 2.24) is 59.6 Å². The fourth-order valence-corrected chi connectivity index (χ4v) is 18.0. The van der Waals surface area contributed by atoms with Crippen LogP contribution in [0.2, 0.25) is 0 Å². The van der Waals surface area contributed by atoms with Gasteiger partial charge in [-0.05, 0) is 159 Å². The van der Waals surface area contributed by atoms with Crippen molar-refractivity contribution in [1.29, 1.82) is 0 Å². The molecule has 0 aromatic rings. The summed E-state index contributed by atoms with van der Waals surface area (Å²) in [5.74, 6) is -14.1. The average Bonchev–Trinajstić information content (AvgIpc) is 0.942. The molecule has 8 rings (SSSR count). The van der Waals surface area contributed by atoms with Gasteiger partial charge in [0.25, 0.3) is 0 Å². The lowest BCUT2D eigenvalue weighted by molar-refractivity contribution is -0.215. The number of hydrogen-bond donors (Lipinski definition) is 2. The van der Waals surface area contributed by atoms with E-state index >= 15 is 47.9 Å². The topological polar surface area (TPSA) is 289 Å². The number of carbonyl (C=O) groups excluding carboxylic acids is 12. The summed E-state index contributed by atoms with van der Waals surface area (Å²) in [6, 6.07) is -11.6. The van der Waals surface area contributed by atoms with Crippen LogP contribution in [0, 0.1) is 35.5 Å². The Morgan fingerprint density at radius 3 is 1.89 bits per heavy atom. The summed E-state index contributed by atoms with van der Waals surface area (Å²) in [4.78, 5) is 197. The molecule has 12 amide bonds. The molecule has 7 fully saturated rings. The molecule has 2 N–H and O–H groups in total. The number of rotatable bonds is 17. The Bertz CT molecular complexity index is 3350. The molecular weight excluding hydrogens is 1470 g/mol.